The molecule has 0 atom stereocenters. The Morgan fingerprint density at radius 3 is 2.59 bits per heavy atom. The third kappa shape index (κ3) is 4.63. The molecule has 0 amide bonds. The molecule has 13 heteroatoms. The first-order valence-corrected chi connectivity index (χ1v) is 12.0. The van der Waals surface area contributed by atoms with E-state index in [0.717, 1.165) is 54.3 Å². The van der Waals surface area contributed by atoms with Crippen molar-refractivity contribution in [3.63, 3.8) is 0 Å². The lowest BCUT2D eigenvalue weighted by Crippen LogP contribution is -2.18. The lowest BCUT2D eigenvalue weighted by atomic mass is 9.97. The van der Waals surface area contributed by atoms with E-state index >= 15 is 0 Å². The molecule has 1 aliphatic rings. The number of hydrogen-bond donors (Lipinski definition) is 0. The molecule has 0 bridgehead atoms. The first kappa shape index (κ1) is 24.1. The van der Waals surface area contributed by atoms with Gasteiger partial charge >= 0.3 is 5.69 Å². The van der Waals surface area contributed by atoms with E-state index in [1.165, 1.54) is 35.3 Å². The Kier molecular flexibility index (Phi) is 6.36. The number of ether oxygens (including phenoxy) is 2. The summed E-state index contributed by atoms with van der Waals surface area (Å²) >= 11 is 1.57. The molecule has 4 aromatic rings. The normalized spacial score (nSPS) is 13.0. The number of aromatic nitrogens is 2. The second kappa shape index (κ2) is 9.78. The van der Waals surface area contributed by atoms with Crippen molar-refractivity contribution in [1.29, 1.82) is 0 Å². The van der Waals surface area contributed by atoms with E-state index in [-0.39, 0.29) is 22.8 Å². The Hall–Kier alpha value is -4.65. The maximum atomic E-state index is 13.1. The molecule has 0 radical (unpaired) electrons. The van der Waals surface area contributed by atoms with Crippen molar-refractivity contribution in [3.8, 4) is 17.2 Å². The van der Waals surface area contributed by atoms with Gasteiger partial charge in [-0.15, -0.1) is 11.3 Å². The number of nitro groups is 2. The number of non-ortho nitro benzene ring substituents is 1. The zero-order chi connectivity index (χ0) is 26.1. The Bertz CT molecular complexity index is 1640. The van der Waals surface area contributed by atoms with Gasteiger partial charge in [-0.1, -0.05) is 0 Å². The van der Waals surface area contributed by atoms with E-state index in [0.29, 0.717) is 10.9 Å². The summed E-state index contributed by atoms with van der Waals surface area (Å²) in [6, 6.07) is 7.83. The fourth-order valence-corrected chi connectivity index (χ4v) is 5.38. The molecule has 37 heavy (non-hydrogen) atoms. The minimum Gasteiger partial charge on any atom is -0.493 e. The Balaban J connectivity index is 1.43. The Morgan fingerprint density at radius 1 is 1.05 bits per heavy atom. The second-order valence-electron chi connectivity index (χ2n) is 8.21. The highest BCUT2D eigenvalue weighted by molar-refractivity contribution is 7.18. The number of hydrogen-bond acceptors (Lipinski definition) is 10. The van der Waals surface area contributed by atoms with E-state index in [4.69, 9.17) is 9.47 Å². The van der Waals surface area contributed by atoms with Gasteiger partial charge in [-0.05, 0) is 61.1 Å². The standard InChI is InChI=1S/C24H19N5O7S/c1-35-20-10-14(6-8-19(20)36-18-9-7-15(28(31)32)11-17(18)29(33)34)12-26-27-13-25-23-22(24(27)30)16-4-2-3-5-21(16)37-23/h6-13H,2-5H2,1H3/b26-12-. The summed E-state index contributed by atoms with van der Waals surface area (Å²) in [4.78, 5) is 40.4. The highest BCUT2D eigenvalue weighted by Crippen LogP contribution is 2.38. The van der Waals surface area contributed by atoms with Crippen molar-refractivity contribution in [2.75, 3.05) is 7.11 Å². The van der Waals surface area contributed by atoms with E-state index in [2.05, 4.69) is 10.1 Å². The smallest absolute Gasteiger partial charge is 0.318 e. The largest absolute Gasteiger partial charge is 0.493 e. The van der Waals surface area contributed by atoms with E-state index in [9.17, 15) is 25.0 Å². The maximum Gasteiger partial charge on any atom is 0.318 e. The van der Waals surface area contributed by atoms with Crippen LogP contribution in [0.3, 0.4) is 0 Å². The van der Waals surface area contributed by atoms with Crippen LogP contribution in [0.25, 0.3) is 10.2 Å². The van der Waals surface area contributed by atoms with Crippen molar-refractivity contribution >= 4 is 39.1 Å². The molecule has 188 valence electrons. The molecule has 0 aliphatic heterocycles. The molecule has 0 saturated carbocycles. The number of nitro benzene ring substituents is 2. The summed E-state index contributed by atoms with van der Waals surface area (Å²) < 4.78 is 12.2. The highest BCUT2D eigenvalue weighted by Gasteiger charge is 2.23. The molecule has 0 unspecified atom stereocenters. The molecule has 5 rings (SSSR count). The van der Waals surface area contributed by atoms with Crippen molar-refractivity contribution in [1.82, 2.24) is 9.66 Å². The Labute approximate surface area is 212 Å². The summed E-state index contributed by atoms with van der Waals surface area (Å²) in [6.45, 7) is 0. The maximum absolute atomic E-state index is 13.1. The van der Waals surface area contributed by atoms with Gasteiger partial charge < -0.3 is 9.47 Å². The van der Waals surface area contributed by atoms with E-state index < -0.39 is 21.2 Å². The van der Waals surface area contributed by atoms with Crippen molar-refractivity contribution in [3.05, 3.63) is 89.3 Å². The van der Waals surface area contributed by atoms with Gasteiger partial charge in [0, 0.05) is 10.9 Å². The molecule has 1 aliphatic carbocycles. The summed E-state index contributed by atoms with van der Waals surface area (Å²) in [5.74, 6) is 0.214. The van der Waals surface area contributed by atoms with Gasteiger partial charge in [0.1, 0.15) is 11.2 Å². The minimum atomic E-state index is -0.761. The van der Waals surface area contributed by atoms with Gasteiger partial charge in [-0.2, -0.15) is 9.78 Å². The van der Waals surface area contributed by atoms with Gasteiger partial charge in [-0.3, -0.25) is 25.0 Å². The SMILES string of the molecule is COc1cc(/C=N\n2cnc3sc4c(c3c2=O)CCCC4)ccc1Oc1ccc([N+](=O)[O-])cc1[N+](=O)[O-]. The minimum absolute atomic E-state index is 0.154. The fourth-order valence-electron chi connectivity index (χ4n) is 4.16. The summed E-state index contributed by atoms with van der Waals surface area (Å²) in [7, 11) is 1.40. The lowest BCUT2D eigenvalue weighted by molar-refractivity contribution is -0.394. The summed E-state index contributed by atoms with van der Waals surface area (Å²) in [5, 5.41) is 27.3. The van der Waals surface area contributed by atoms with Gasteiger partial charge in [0.25, 0.3) is 11.2 Å². The number of benzene rings is 2. The molecule has 0 fully saturated rings. The molecule has 0 saturated heterocycles. The molecule has 0 spiro atoms. The van der Waals surface area contributed by atoms with Gasteiger partial charge in [0.15, 0.2) is 11.5 Å². The number of rotatable bonds is 7. The summed E-state index contributed by atoms with van der Waals surface area (Å²) in [5.41, 5.74) is 0.444. The number of thiophene rings is 1. The molecule has 2 heterocycles. The summed E-state index contributed by atoms with van der Waals surface area (Å²) in [6.07, 6.45) is 6.86. The first-order chi connectivity index (χ1) is 17.9. The van der Waals surface area contributed by atoms with Crippen molar-refractivity contribution in [2.24, 2.45) is 5.10 Å². The Morgan fingerprint density at radius 2 is 1.84 bits per heavy atom. The monoisotopic (exact) mass is 521 g/mol. The first-order valence-electron chi connectivity index (χ1n) is 11.2. The van der Waals surface area contributed by atoms with Crippen LogP contribution in [0.5, 0.6) is 17.2 Å². The van der Waals surface area contributed by atoms with Crippen LogP contribution in [0.2, 0.25) is 0 Å². The molecular weight excluding hydrogens is 502 g/mol. The van der Waals surface area contributed by atoms with Gasteiger partial charge in [0.05, 0.1) is 34.6 Å². The van der Waals surface area contributed by atoms with Crippen LogP contribution in [-0.2, 0) is 12.8 Å². The van der Waals surface area contributed by atoms with Crippen molar-refractivity contribution in [2.45, 2.75) is 25.7 Å². The average Bonchev–Trinajstić information content (AvgIpc) is 3.28. The average molecular weight is 522 g/mol. The third-order valence-electron chi connectivity index (χ3n) is 5.95. The molecule has 12 nitrogen and oxygen atoms in total. The van der Waals surface area contributed by atoms with Crippen molar-refractivity contribution < 1.29 is 19.3 Å². The van der Waals surface area contributed by atoms with Crippen LogP contribution in [0.1, 0.15) is 28.8 Å². The molecule has 2 aromatic heterocycles. The number of aryl methyl sites for hydroxylation is 2. The lowest BCUT2D eigenvalue weighted by Gasteiger charge is -2.11. The van der Waals surface area contributed by atoms with E-state index in [1.807, 2.05) is 0 Å². The quantitative estimate of drug-likeness (QED) is 0.190. The number of methoxy groups -OCH3 is 1. The topological polar surface area (TPSA) is 152 Å². The van der Waals surface area contributed by atoms with Crippen LogP contribution < -0.4 is 15.0 Å². The number of fused-ring (bicyclic) bond motifs is 3. The van der Waals surface area contributed by atoms with Gasteiger partial charge in [-0.25, -0.2) is 4.98 Å². The third-order valence-corrected chi connectivity index (χ3v) is 7.15. The second-order valence-corrected chi connectivity index (χ2v) is 9.29. The van der Waals surface area contributed by atoms with Crippen LogP contribution in [0, 0.1) is 20.2 Å². The molecule has 2 aromatic carbocycles. The van der Waals surface area contributed by atoms with Crippen LogP contribution >= 0.6 is 11.3 Å². The zero-order valence-electron chi connectivity index (χ0n) is 19.4. The fraction of sp³-hybridized carbons (Fsp3) is 0.208. The highest BCUT2D eigenvalue weighted by atomic mass is 32.1. The van der Waals surface area contributed by atoms with E-state index in [1.54, 1.807) is 23.5 Å². The van der Waals surface area contributed by atoms with Crippen LogP contribution in [0.4, 0.5) is 11.4 Å². The predicted octanol–water partition coefficient (Wildman–Crippen LogP) is 4.84. The molecular formula is C24H19N5O7S. The predicted molar refractivity (Wildman–Crippen MR) is 136 cm³/mol. The van der Waals surface area contributed by atoms with Crippen LogP contribution in [-0.4, -0.2) is 32.8 Å². The zero-order valence-corrected chi connectivity index (χ0v) is 20.3. The number of nitrogens with zero attached hydrogens (tertiary/aromatic N) is 5. The molecule has 0 N–H and O–H groups in total. The van der Waals surface area contributed by atoms with Crippen LogP contribution in [0.15, 0.2) is 52.6 Å². The van der Waals surface area contributed by atoms with Gasteiger partial charge in [0.2, 0.25) is 5.75 Å².